The second-order valence-electron chi connectivity index (χ2n) is 7.01. The van der Waals surface area contributed by atoms with Gasteiger partial charge >= 0.3 is 5.97 Å². The minimum absolute atomic E-state index is 0.0781. The van der Waals surface area contributed by atoms with Crippen LogP contribution in [0, 0.1) is 13.8 Å². The molecule has 0 aromatic heterocycles. The van der Waals surface area contributed by atoms with E-state index in [9.17, 15) is 18.0 Å². The monoisotopic (exact) mass is 416 g/mol. The maximum Gasteiger partial charge on any atom is 0.321 e. The summed E-state index contributed by atoms with van der Waals surface area (Å²) in [5, 5.41) is 0. The van der Waals surface area contributed by atoms with E-state index >= 15 is 0 Å². The van der Waals surface area contributed by atoms with Crippen LogP contribution in [0.5, 0.6) is 0 Å². The zero-order valence-electron chi connectivity index (χ0n) is 16.5. The molecule has 3 rings (SSSR count). The van der Waals surface area contributed by atoms with Crippen LogP contribution in [-0.2, 0) is 30.8 Å². The Morgan fingerprint density at radius 3 is 2.62 bits per heavy atom. The van der Waals surface area contributed by atoms with Crippen molar-refractivity contribution in [3.63, 3.8) is 0 Å². The first-order chi connectivity index (χ1) is 13.8. The van der Waals surface area contributed by atoms with Crippen molar-refractivity contribution in [3.8, 4) is 0 Å². The molecule has 1 aliphatic rings. The fraction of sp³-hybridized carbons (Fsp3) is 0.333. The number of benzene rings is 2. The summed E-state index contributed by atoms with van der Waals surface area (Å²) in [4.78, 5) is 26.1. The highest BCUT2D eigenvalue weighted by Crippen LogP contribution is 2.26. The number of anilines is 1. The molecular formula is C21H24N2O5S. The van der Waals surface area contributed by atoms with Crippen molar-refractivity contribution in [1.82, 2.24) is 4.72 Å². The van der Waals surface area contributed by atoms with Crippen molar-refractivity contribution in [2.75, 3.05) is 24.6 Å². The first kappa shape index (κ1) is 21.0. The third-order valence-corrected chi connectivity index (χ3v) is 6.36. The maximum absolute atomic E-state index is 12.5. The second kappa shape index (κ2) is 8.75. The van der Waals surface area contributed by atoms with Crippen molar-refractivity contribution in [3.05, 3.63) is 59.2 Å². The predicted molar refractivity (Wildman–Crippen MR) is 109 cm³/mol. The van der Waals surface area contributed by atoms with Gasteiger partial charge in [0.1, 0.15) is 6.54 Å². The van der Waals surface area contributed by atoms with Gasteiger partial charge in [0.15, 0.2) is 6.61 Å². The van der Waals surface area contributed by atoms with Crippen molar-refractivity contribution >= 4 is 27.6 Å². The average molecular weight is 416 g/mol. The molecule has 1 heterocycles. The Morgan fingerprint density at radius 2 is 1.86 bits per heavy atom. The second-order valence-corrected chi connectivity index (χ2v) is 8.78. The van der Waals surface area contributed by atoms with E-state index in [4.69, 9.17) is 4.74 Å². The highest BCUT2D eigenvalue weighted by atomic mass is 32.2. The molecule has 2 aromatic rings. The van der Waals surface area contributed by atoms with E-state index in [1.807, 2.05) is 38.1 Å². The number of hydrogen-bond donors (Lipinski definition) is 1. The first-order valence-corrected chi connectivity index (χ1v) is 10.9. The number of ether oxygens (including phenoxy) is 1. The number of nitrogens with zero attached hydrogens (tertiary/aromatic N) is 1. The zero-order valence-corrected chi connectivity index (χ0v) is 17.3. The molecule has 29 heavy (non-hydrogen) atoms. The highest BCUT2D eigenvalue weighted by Gasteiger charge is 2.23. The van der Waals surface area contributed by atoms with Crippen LogP contribution in [0.1, 0.15) is 23.1 Å². The highest BCUT2D eigenvalue weighted by molar-refractivity contribution is 7.89. The number of carbonyl (C=O) groups excluding carboxylic acids is 2. The molecule has 2 aromatic carbocycles. The summed E-state index contributed by atoms with van der Waals surface area (Å²) in [6, 6.07) is 12.4. The number of amides is 1. The fourth-order valence-electron chi connectivity index (χ4n) is 3.18. The minimum Gasteiger partial charge on any atom is -0.455 e. The van der Waals surface area contributed by atoms with Gasteiger partial charge in [0.05, 0.1) is 4.90 Å². The van der Waals surface area contributed by atoms with Gasteiger partial charge in [0.25, 0.3) is 5.91 Å². The number of sulfonamides is 1. The number of nitrogens with one attached hydrogen (secondary N) is 1. The molecule has 1 aliphatic heterocycles. The Labute approximate surface area is 170 Å². The van der Waals surface area contributed by atoms with Gasteiger partial charge in [-0.3, -0.25) is 9.59 Å². The number of para-hydroxylation sites is 1. The van der Waals surface area contributed by atoms with Gasteiger partial charge in [0.2, 0.25) is 10.0 Å². The molecule has 0 spiro atoms. The summed E-state index contributed by atoms with van der Waals surface area (Å²) < 4.78 is 31.9. The molecule has 1 amide bonds. The Balaban J connectivity index is 1.54. The third-order valence-electron chi connectivity index (χ3n) is 4.96. The lowest BCUT2D eigenvalue weighted by atomic mass is 10.0. The smallest absolute Gasteiger partial charge is 0.321 e. The number of hydrogen-bond acceptors (Lipinski definition) is 5. The molecule has 0 fully saturated rings. The lowest BCUT2D eigenvalue weighted by Crippen LogP contribution is -2.39. The number of esters is 1. The quantitative estimate of drug-likeness (QED) is 0.728. The molecule has 0 radical (unpaired) electrons. The summed E-state index contributed by atoms with van der Waals surface area (Å²) in [5.41, 5.74) is 3.72. The van der Waals surface area contributed by atoms with Crippen LogP contribution in [0.4, 0.5) is 5.69 Å². The topological polar surface area (TPSA) is 92.8 Å². The van der Waals surface area contributed by atoms with Crippen LogP contribution in [0.2, 0.25) is 0 Å². The molecule has 8 heteroatoms. The van der Waals surface area contributed by atoms with Gasteiger partial charge in [-0.2, -0.15) is 4.72 Å². The molecule has 154 valence electrons. The van der Waals surface area contributed by atoms with E-state index < -0.39 is 29.1 Å². The summed E-state index contributed by atoms with van der Waals surface area (Å²) in [6.45, 7) is 3.28. The lowest BCUT2D eigenvalue weighted by molar-refractivity contribution is -0.146. The van der Waals surface area contributed by atoms with E-state index in [-0.39, 0.29) is 10.8 Å². The van der Waals surface area contributed by atoms with Crippen molar-refractivity contribution in [2.45, 2.75) is 31.6 Å². The predicted octanol–water partition coefficient (Wildman–Crippen LogP) is 2.10. The molecular weight excluding hydrogens is 392 g/mol. The third kappa shape index (κ3) is 5.02. The van der Waals surface area contributed by atoms with E-state index in [0.717, 1.165) is 35.2 Å². The summed E-state index contributed by atoms with van der Waals surface area (Å²) in [5.74, 6) is -1.14. The van der Waals surface area contributed by atoms with E-state index in [2.05, 4.69) is 4.72 Å². The molecule has 0 bridgehead atoms. The number of aryl methyl sites for hydroxylation is 3. The zero-order chi connectivity index (χ0) is 21.0. The van der Waals surface area contributed by atoms with Gasteiger partial charge in [-0.25, -0.2) is 8.42 Å². The first-order valence-electron chi connectivity index (χ1n) is 9.39. The van der Waals surface area contributed by atoms with Crippen LogP contribution < -0.4 is 9.62 Å². The molecule has 0 atom stereocenters. The largest absolute Gasteiger partial charge is 0.455 e. The average Bonchev–Trinajstić information content (AvgIpc) is 2.72. The van der Waals surface area contributed by atoms with Gasteiger partial charge in [-0.15, -0.1) is 0 Å². The number of fused-ring (bicyclic) bond motifs is 1. The van der Waals surface area contributed by atoms with Crippen LogP contribution in [0.15, 0.2) is 47.4 Å². The Morgan fingerprint density at radius 1 is 1.10 bits per heavy atom. The maximum atomic E-state index is 12.5. The van der Waals surface area contributed by atoms with Gasteiger partial charge in [-0.05, 0) is 61.6 Å². The van der Waals surface area contributed by atoms with Crippen LogP contribution in [0.3, 0.4) is 0 Å². The normalized spacial score (nSPS) is 13.7. The SMILES string of the molecule is Cc1ccc(S(=O)(=O)NCC(=O)OCC(=O)N2CCCc3ccccc32)cc1C. The molecule has 0 aliphatic carbocycles. The Bertz CT molecular complexity index is 1030. The standard InChI is InChI=1S/C21H24N2O5S/c1-15-9-10-18(12-16(15)2)29(26,27)22-13-21(25)28-14-20(24)23-11-5-7-17-6-3-4-8-19(17)23/h3-4,6,8-10,12,22H,5,7,11,13-14H2,1-2H3. The summed E-state index contributed by atoms with van der Waals surface area (Å²) >= 11 is 0. The molecule has 0 unspecified atom stereocenters. The minimum atomic E-state index is -3.84. The van der Waals surface area contributed by atoms with E-state index in [1.54, 1.807) is 17.0 Å². The van der Waals surface area contributed by atoms with Gasteiger partial charge in [0, 0.05) is 12.2 Å². The van der Waals surface area contributed by atoms with Gasteiger partial charge in [-0.1, -0.05) is 24.3 Å². The summed E-state index contributed by atoms with van der Waals surface area (Å²) in [7, 11) is -3.84. The van der Waals surface area contributed by atoms with E-state index in [0.29, 0.717) is 6.54 Å². The van der Waals surface area contributed by atoms with Gasteiger partial charge < -0.3 is 9.64 Å². The summed E-state index contributed by atoms with van der Waals surface area (Å²) in [6.07, 6.45) is 1.74. The number of rotatable bonds is 6. The molecule has 7 nitrogen and oxygen atoms in total. The van der Waals surface area contributed by atoms with Crippen LogP contribution >= 0.6 is 0 Å². The molecule has 0 saturated heterocycles. The molecule has 0 saturated carbocycles. The van der Waals surface area contributed by atoms with E-state index in [1.165, 1.54) is 6.07 Å². The Kier molecular flexibility index (Phi) is 6.34. The van der Waals surface area contributed by atoms with Crippen LogP contribution in [0.25, 0.3) is 0 Å². The number of carbonyl (C=O) groups is 2. The molecule has 1 N–H and O–H groups in total. The Hall–Kier alpha value is -2.71. The van der Waals surface area contributed by atoms with Crippen molar-refractivity contribution in [2.24, 2.45) is 0 Å². The van der Waals surface area contributed by atoms with Crippen LogP contribution in [-0.4, -0.2) is 40.0 Å². The van der Waals surface area contributed by atoms with Crippen molar-refractivity contribution in [1.29, 1.82) is 0 Å². The van der Waals surface area contributed by atoms with Crippen molar-refractivity contribution < 1.29 is 22.7 Å². The lowest BCUT2D eigenvalue weighted by Gasteiger charge is -2.29. The fourth-order valence-corrected chi connectivity index (χ4v) is 4.24.